The molecule has 21 heavy (non-hydrogen) atoms. The average molecular weight is 271 g/mol. The molecule has 0 saturated carbocycles. The van der Waals surface area contributed by atoms with E-state index in [9.17, 15) is 0 Å². The van der Waals surface area contributed by atoms with Crippen LogP contribution in [0.15, 0.2) is 66.7 Å². The average Bonchev–Trinajstić information content (AvgIpc) is 2.72. The molecule has 0 saturated heterocycles. The second-order valence-corrected chi connectivity index (χ2v) is 5.56. The molecule has 1 aromatic heterocycles. The number of fused-ring (bicyclic) bond motifs is 3. The SMILES string of the molecule is C[C@H]1C=Cc2c(n(-c3ccccc3)c3ccccc23)C=C1. The van der Waals surface area contributed by atoms with Crippen molar-refractivity contribution < 1.29 is 0 Å². The summed E-state index contributed by atoms with van der Waals surface area (Å²) in [5.41, 5.74) is 5.05. The minimum atomic E-state index is 0.473. The van der Waals surface area contributed by atoms with Crippen molar-refractivity contribution in [3.63, 3.8) is 0 Å². The number of benzene rings is 2. The molecule has 1 aliphatic carbocycles. The summed E-state index contributed by atoms with van der Waals surface area (Å²) < 4.78 is 2.35. The zero-order valence-electron chi connectivity index (χ0n) is 12.0. The minimum absolute atomic E-state index is 0.473. The van der Waals surface area contributed by atoms with Gasteiger partial charge in [0.05, 0.1) is 11.2 Å². The maximum atomic E-state index is 2.35. The molecule has 1 nitrogen and oxygen atoms in total. The molecule has 4 rings (SSSR count). The monoisotopic (exact) mass is 271 g/mol. The van der Waals surface area contributed by atoms with Crippen molar-refractivity contribution in [3.8, 4) is 5.69 Å². The van der Waals surface area contributed by atoms with Crippen molar-refractivity contribution >= 4 is 23.1 Å². The lowest BCUT2D eigenvalue weighted by molar-refractivity contribution is 0.953. The van der Waals surface area contributed by atoms with Gasteiger partial charge in [-0.2, -0.15) is 0 Å². The van der Waals surface area contributed by atoms with Crippen molar-refractivity contribution in [3.05, 3.63) is 78.0 Å². The fourth-order valence-electron chi connectivity index (χ4n) is 3.03. The van der Waals surface area contributed by atoms with E-state index in [0.29, 0.717) is 5.92 Å². The molecule has 3 aromatic rings. The Morgan fingerprint density at radius 3 is 2.38 bits per heavy atom. The largest absolute Gasteiger partial charge is 0.309 e. The third-order valence-electron chi connectivity index (χ3n) is 4.09. The zero-order valence-corrected chi connectivity index (χ0v) is 12.0. The molecule has 102 valence electrons. The number of aromatic nitrogens is 1. The molecule has 1 atom stereocenters. The van der Waals surface area contributed by atoms with Gasteiger partial charge in [-0.05, 0) is 30.2 Å². The molecule has 0 radical (unpaired) electrons. The van der Waals surface area contributed by atoms with E-state index in [2.05, 4.69) is 90.4 Å². The first-order valence-electron chi connectivity index (χ1n) is 7.40. The van der Waals surface area contributed by atoms with E-state index >= 15 is 0 Å². The Morgan fingerprint density at radius 2 is 1.52 bits per heavy atom. The van der Waals surface area contributed by atoms with Gasteiger partial charge in [0.25, 0.3) is 0 Å². The van der Waals surface area contributed by atoms with Gasteiger partial charge >= 0.3 is 0 Å². The highest BCUT2D eigenvalue weighted by atomic mass is 15.0. The Labute approximate surface area is 124 Å². The number of para-hydroxylation sites is 2. The summed E-state index contributed by atoms with van der Waals surface area (Å²) >= 11 is 0. The summed E-state index contributed by atoms with van der Waals surface area (Å²) in [6.45, 7) is 2.22. The molecule has 0 bridgehead atoms. The summed E-state index contributed by atoms with van der Waals surface area (Å²) in [5, 5.41) is 1.31. The highest BCUT2D eigenvalue weighted by Crippen LogP contribution is 2.33. The van der Waals surface area contributed by atoms with Crippen LogP contribution in [0.1, 0.15) is 18.2 Å². The molecule has 0 fully saturated rings. The van der Waals surface area contributed by atoms with Crippen molar-refractivity contribution in [2.24, 2.45) is 5.92 Å². The van der Waals surface area contributed by atoms with Crippen molar-refractivity contribution in [1.29, 1.82) is 0 Å². The van der Waals surface area contributed by atoms with Crippen LogP contribution in [0, 0.1) is 5.92 Å². The Kier molecular flexibility index (Phi) is 2.78. The van der Waals surface area contributed by atoms with Crippen LogP contribution < -0.4 is 0 Å². The van der Waals surface area contributed by atoms with E-state index < -0.39 is 0 Å². The molecule has 1 heteroatoms. The molecule has 1 heterocycles. The summed E-state index contributed by atoms with van der Waals surface area (Å²) in [5.74, 6) is 0.473. The Balaban J connectivity index is 2.12. The van der Waals surface area contributed by atoms with E-state index in [1.165, 1.54) is 27.8 Å². The fourth-order valence-corrected chi connectivity index (χ4v) is 3.03. The molecular weight excluding hydrogens is 254 g/mol. The van der Waals surface area contributed by atoms with Gasteiger partial charge in [0.15, 0.2) is 0 Å². The van der Waals surface area contributed by atoms with Gasteiger partial charge in [-0.25, -0.2) is 0 Å². The minimum Gasteiger partial charge on any atom is -0.309 e. The first-order valence-corrected chi connectivity index (χ1v) is 7.40. The lowest BCUT2D eigenvalue weighted by Gasteiger charge is -2.08. The molecular formula is C20H17N. The van der Waals surface area contributed by atoms with Crippen molar-refractivity contribution in [1.82, 2.24) is 4.57 Å². The normalized spacial score (nSPS) is 16.9. The highest BCUT2D eigenvalue weighted by molar-refractivity contribution is 5.95. The van der Waals surface area contributed by atoms with Gasteiger partial charge in [0, 0.05) is 16.6 Å². The van der Waals surface area contributed by atoms with Crippen LogP contribution in [0.2, 0.25) is 0 Å². The van der Waals surface area contributed by atoms with E-state index in [-0.39, 0.29) is 0 Å². The lowest BCUT2D eigenvalue weighted by atomic mass is 10.1. The number of hydrogen-bond donors (Lipinski definition) is 0. The van der Waals surface area contributed by atoms with Crippen LogP contribution in [0.25, 0.3) is 28.7 Å². The van der Waals surface area contributed by atoms with E-state index in [4.69, 9.17) is 0 Å². The number of hydrogen-bond acceptors (Lipinski definition) is 0. The first-order chi connectivity index (χ1) is 10.3. The smallest absolute Gasteiger partial charge is 0.0541 e. The molecule has 0 aliphatic heterocycles. The van der Waals surface area contributed by atoms with E-state index in [0.717, 1.165) is 0 Å². The second kappa shape index (κ2) is 4.78. The number of allylic oxidation sites excluding steroid dienone is 2. The number of nitrogens with zero attached hydrogens (tertiary/aromatic N) is 1. The molecule has 0 spiro atoms. The third kappa shape index (κ3) is 1.93. The van der Waals surface area contributed by atoms with Gasteiger partial charge in [0.1, 0.15) is 0 Å². The molecule has 0 amide bonds. The molecule has 0 unspecified atom stereocenters. The van der Waals surface area contributed by atoms with Crippen LogP contribution in [-0.2, 0) is 0 Å². The highest BCUT2D eigenvalue weighted by Gasteiger charge is 2.15. The van der Waals surface area contributed by atoms with E-state index in [1.807, 2.05) is 0 Å². The van der Waals surface area contributed by atoms with Gasteiger partial charge in [-0.1, -0.05) is 61.5 Å². The standard InChI is InChI=1S/C20H17N/c1-15-11-13-18-17-9-5-6-10-19(17)21(20(18)14-12-15)16-7-3-2-4-8-16/h2-15H,1H3/t15-/m0/s1. The third-order valence-corrected chi connectivity index (χ3v) is 4.09. The van der Waals surface area contributed by atoms with Gasteiger partial charge in [0.2, 0.25) is 0 Å². The number of rotatable bonds is 1. The summed E-state index contributed by atoms with van der Waals surface area (Å²) in [6, 6.07) is 19.2. The molecule has 1 aliphatic rings. The first kappa shape index (κ1) is 12.2. The van der Waals surface area contributed by atoms with Crippen LogP contribution in [-0.4, -0.2) is 4.57 Å². The topological polar surface area (TPSA) is 4.93 Å². The maximum Gasteiger partial charge on any atom is 0.0541 e. The quantitative estimate of drug-likeness (QED) is 0.565. The van der Waals surface area contributed by atoms with Crippen LogP contribution in [0.4, 0.5) is 0 Å². The van der Waals surface area contributed by atoms with Crippen molar-refractivity contribution in [2.45, 2.75) is 6.92 Å². The predicted octanol–water partition coefficient (Wildman–Crippen LogP) is 5.31. The van der Waals surface area contributed by atoms with E-state index in [1.54, 1.807) is 0 Å². The maximum absolute atomic E-state index is 2.35. The Bertz CT molecular complexity index is 850. The molecule has 2 aromatic carbocycles. The predicted molar refractivity (Wildman–Crippen MR) is 90.5 cm³/mol. The lowest BCUT2D eigenvalue weighted by Crippen LogP contribution is -1.96. The zero-order chi connectivity index (χ0) is 14.2. The summed E-state index contributed by atoms with van der Waals surface area (Å²) in [6.07, 6.45) is 9.06. The Morgan fingerprint density at radius 1 is 0.810 bits per heavy atom. The van der Waals surface area contributed by atoms with Crippen LogP contribution in [0.3, 0.4) is 0 Å². The summed E-state index contributed by atoms with van der Waals surface area (Å²) in [4.78, 5) is 0. The van der Waals surface area contributed by atoms with Gasteiger partial charge in [-0.3, -0.25) is 0 Å². The fraction of sp³-hybridized carbons (Fsp3) is 0.100. The Hall–Kier alpha value is -2.54. The second-order valence-electron chi connectivity index (χ2n) is 5.56. The van der Waals surface area contributed by atoms with Crippen LogP contribution in [0.5, 0.6) is 0 Å². The van der Waals surface area contributed by atoms with Crippen molar-refractivity contribution in [2.75, 3.05) is 0 Å². The van der Waals surface area contributed by atoms with Gasteiger partial charge in [-0.15, -0.1) is 0 Å². The molecule has 0 N–H and O–H groups in total. The van der Waals surface area contributed by atoms with Crippen LogP contribution >= 0.6 is 0 Å². The summed E-state index contributed by atoms with van der Waals surface area (Å²) in [7, 11) is 0. The van der Waals surface area contributed by atoms with Gasteiger partial charge < -0.3 is 4.57 Å².